The quantitative estimate of drug-likeness (QED) is 0.499. The number of nitrogens with one attached hydrogen (secondary N) is 2. The van der Waals surface area contributed by atoms with Gasteiger partial charge in [-0.1, -0.05) is 0 Å². The maximum atomic E-state index is 12.1. The van der Waals surface area contributed by atoms with E-state index in [0.29, 0.717) is 17.9 Å². The normalized spacial score (nSPS) is 11.8. The Balaban J connectivity index is 1.88. The molecule has 0 aliphatic heterocycles. The standard InChI is InChI=1S/C19H23N3O4/c1-4-26-18-10-5-14(11-17(18)23)12-20-22-19(24)13(2)21-15-6-8-16(25-3)9-7-15/h5-13,21,23H,4H2,1-3H3,(H,22,24). The molecule has 0 saturated carbocycles. The smallest absolute Gasteiger partial charge is 0.262 e. The van der Waals surface area contributed by atoms with Crippen molar-refractivity contribution in [1.29, 1.82) is 0 Å². The number of amides is 1. The molecule has 0 fully saturated rings. The van der Waals surface area contributed by atoms with Gasteiger partial charge in [-0.05, 0) is 61.9 Å². The number of hydrazone groups is 1. The van der Waals surface area contributed by atoms with E-state index in [1.165, 1.54) is 12.3 Å². The van der Waals surface area contributed by atoms with Crippen LogP contribution in [0.4, 0.5) is 5.69 Å². The third-order valence-corrected chi connectivity index (χ3v) is 3.54. The summed E-state index contributed by atoms with van der Waals surface area (Å²) in [7, 11) is 1.60. The van der Waals surface area contributed by atoms with Crippen molar-refractivity contribution in [3.63, 3.8) is 0 Å². The third kappa shape index (κ3) is 5.41. The molecule has 26 heavy (non-hydrogen) atoms. The second kappa shape index (κ2) is 9.31. The Bertz CT molecular complexity index is 760. The molecular formula is C19H23N3O4. The molecule has 138 valence electrons. The number of phenolic OH excluding ortho intramolecular Hbond substituents is 1. The van der Waals surface area contributed by atoms with E-state index in [2.05, 4.69) is 15.8 Å². The maximum Gasteiger partial charge on any atom is 0.262 e. The molecule has 1 amide bonds. The highest BCUT2D eigenvalue weighted by Gasteiger charge is 2.11. The van der Waals surface area contributed by atoms with Gasteiger partial charge in [0.1, 0.15) is 11.8 Å². The van der Waals surface area contributed by atoms with E-state index < -0.39 is 6.04 Å². The summed E-state index contributed by atoms with van der Waals surface area (Å²) in [5.41, 5.74) is 3.90. The molecular weight excluding hydrogens is 334 g/mol. The zero-order chi connectivity index (χ0) is 18.9. The molecule has 0 saturated heterocycles. The number of aromatic hydroxyl groups is 1. The van der Waals surface area contributed by atoms with Gasteiger partial charge >= 0.3 is 0 Å². The molecule has 7 heteroatoms. The number of anilines is 1. The molecule has 0 radical (unpaired) electrons. The number of benzene rings is 2. The molecule has 0 spiro atoms. The van der Waals surface area contributed by atoms with Crippen LogP contribution in [0.5, 0.6) is 17.2 Å². The highest BCUT2D eigenvalue weighted by molar-refractivity contribution is 5.86. The molecule has 0 heterocycles. The van der Waals surface area contributed by atoms with Gasteiger partial charge < -0.3 is 19.9 Å². The predicted octanol–water partition coefficient (Wildman–Crippen LogP) is 2.75. The minimum atomic E-state index is -0.478. The van der Waals surface area contributed by atoms with Crippen molar-refractivity contribution in [3.8, 4) is 17.2 Å². The Labute approximate surface area is 152 Å². The lowest BCUT2D eigenvalue weighted by atomic mass is 10.2. The summed E-state index contributed by atoms with van der Waals surface area (Å²) in [5, 5.41) is 16.8. The SMILES string of the molecule is CCOc1ccc(C=NNC(=O)C(C)Nc2ccc(OC)cc2)cc1O. The van der Waals surface area contributed by atoms with Gasteiger partial charge in [0.25, 0.3) is 5.91 Å². The molecule has 3 N–H and O–H groups in total. The first-order valence-electron chi connectivity index (χ1n) is 8.22. The van der Waals surface area contributed by atoms with Gasteiger partial charge in [0.2, 0.25) is 0 Å². The lowest BCUT2D eigenvalue weighted by Crippen LogP contribution is -2.34. The van der Waals surface area contributed by atoms with Crippen molar-refractivity contribution in [3.05, 3.63) is 48.0 Å². The molecule has 0 bridgehead atoms. The van der Waals surface area contributed by atoms with Crippen LogP contribution in [0.15, 0.2) is 47.6 Å². The molecule has 0 aromatic heterocycles. The van der Waals surface area contributed by atoms with Gasteiger partial charge in [0, 0.05) is 5.69 Å². The van der Waals surface area contributed by atoms with Crippen LogP contribution in [-0.2, 0) is 4.79 Å². The molecule has 1 atom stereocenters. The lowest BCUT2D eigenvalue weighted by molar-refractivity contribution is -0.121. The van der Waals surface area contributed by atoms with Gasteiger partial charge in [-0.3, -0.25) is 4.79 Å². The first-order valence-corrected chi connectivity index (χ1v) is 8.22. The fourth-order valence-corrected chi connectivity index (χ4v) is 2.16. The average molecular weight is 357 g/mol. The summed E-state index contributed by atoms with van der Waals surface area (Å²) < 4.78 is 10.4. The second-order valence-electron chi connectivity index (χ2n) is 5.49. The van der Waals surface area contributed by atoms with E-state index in [-0.39, 0.29) is 11.7 Å². The highest BCUT2D eigenvalue weighted by atomic mass is 16.5. The van der Waals surface area contributed by atoms with E-state index in [1.807, 2.05) is 31.2 Å². The van der Waals surface area contributed by atoms with E-state index in [9.17, 15) is 9.90 Å². The number of methoxy groups -OCH3 is 1. The predicted molar refractivity (Wildman–Crippen MR) is 101 cm³/mol. The minimum absolute atomic E-state index is 0.0247. The third-order valence-electron chi connectivity index (χ3n) is 3.54. The van der Waals surface area contributed by atoms with Gasteiger partial charge in [-0.2, -0.15) is 5.10 Å². The van der Waals surface area contributed by atoms with Crippen molar-refractivity contribution in [2.24, 2.45) is 5.10 Å². The van der Waals surface area contributed by atoms with E-state index >= 15 is 0 Å². The Morgan fingerprint density at radius 1 is 1.27 bits per heavy atom. The molecule has 0 aliphatic rings. The van der Waals surface area contributed by atoms with Gasteiger partial charge in [0.15, 0.2) is 11.5 Å². The molecule has 0 aliphatic carbocycles. The molecule has 7 nitrogen and oxygen atoms in total. The fraction of sp³-hybridized carbons (Fsp3) is 0.263. The Morgan fingerprint density at radius 3 is 2.62 bits per heavy atom. The lowest BCUT2D eigenvalue weighted by Gasteiger charge is -2.13. The zero-order valence-corrected chi connectivity index (χ0v) is 15.0. The maximum absolute atomic E-state index is 12.1. The first kappa shape index (κ1) is 19.1. The topological polar surface area (TPSA) is 92.2 Å². The first-order chi connectivity index (χ1) is 12.5. The zero-order valence-electron chi connectivity index (χ0n) is 15.0. The summed E-state index contributed by atoms with van der Waals surface area (Å²) in [6.45, 7) is 4.04. The van der Waals surface area contributed by atoms with Crippen LogP contribution < -0.4 is 20.2 Å². The summed E-state index contributed by atoms with van der Waals surface area (Å²) in [5.74, 6) is 0.894. The van der Waals surface area contributed by atoms with E-state index in [0.717, 1.165) is 11.4 Å². The minimum Gasteiger partial charge on any atom is -0.504 e. The van der Waals surface area contributed by atoms with Crippen molar-refractivity contribution >= 4 is 17.8 Å². The van der Waals surface area contributed by atoms with Crippen LogP contribution in [0, 0.1) is 0 Å². The number of hydrogen-bond acceptors (Lipinski definition) is 6. The van der Waals surface area contributed by atoms with Crippen LogP contribution in [0.25, 0.3) is 0 Å². The van der Waals surface area contributed by atoms with Crippen LogP contribution in [-0.4, -0.2) is 37.0 Å². The number of nitrogens with zero attached hydrogens (tertiary/aromatic N) is 1. The summed E-state index contributed by atoms with van der Waals surface area (Å²) in [6, 6.07) is 11.7. The van der Waals surface area contributed by atoms with E-state index in [4.69, 9.17) is 9.47 Å². The average Bonchev–Trinajstić information content (AvgIpc) is 2.64. The number of ether oxygens (including phenoxy) is 2. The van der Waals surface area contributed by atoms with Crippen LogP contribution >= 0.6 is 0 Å². The molecule has 2 aromatic carbocycles. The van der Waals surface area contributed by atoms with E-state index in [1.54, 1.807) is 26.2 Å². The van der Waals surface area contributed by atoms with Gasteiger partial charge in [-0.25, -0.2) is 5.43 Å². The summed E-state index contributed by atoms with van der Waals surface area (Å²) >= 11 is 0. The highest BCUT2D eigenvalue weighted by Crippen LogP contribution is 2.26. The molecule has 2 rings (SSSR count). The second-order valence-corrected chi connectivity index (χ2v) is 5.49. The van der Waals surface area contributed by atoms with Crippen LogP contribution in [0.3, 0.4) is 0 Å². The van der Waals surface area contributed by atoms with Gasteiger partial charge in [-0.15, -0.1) is 0 Å². The Hall–Kier alpha value is -3.22. The number of carbonyl (C=O) groups is 1. The monoisotopic (exact) mass is 357 g/mol. The molecule has 2 aromatic rings. The summed E-state index contributed by atoms with van der Waals surface area (Å²) in [4.78, 5) is 12.1. The van der Waals surface area contributed by atoms with Crippen molar-refractivity contribution in [2.45, 2.75) is 19.9 Å². The number of carbonyl (C=O) groups excluding carboxylic acids is 1. The van der Waals surface area contributed by atoms with Crippen LogP contribution in [0.2, 0.25) is 0 Å². The van der Waals surface area contributed by atoms with Crippen molar-refractivity contribution in [1.82, 2.24) is 5.43 Å². The molecule has 1 unspecified atom stereocenters. The van der Waals surface area contributed by atoms with Crippen LogP contribution in [0.1, 0.15) is 19.4 Å². The summed E-state index contributed by atoms with van der Waals surface area (Å²) in [6.07, 6.45) is 1.45. The number of phenols is 1. The van der Waals surface area contributed by atoms with Gasteiger partial charge in [0.05, 0.1) is 19.9 Å². The fourth-order valence-electron chi connectivity index (χ4n) is 2.16. The van der Waals surface area contributed by atoms with Crippen molar-refractivity contribution in [2.75, 3.05) is 19.0 Å². The largest absolute Gasteiger partial charge is 0.504 e. The number of rotatable bonds is 8. The van der Waals surface area contributed by atoms with Crippen molar-refractivity contribution < 1.29 is 19.4 Å². The Morgan fingerprint density at radius 2 is 2.00 bits per heavy atom. The Kier molecular flexibility index (Phi) is 6.84. The number of hydrogen-bond donors (Lipinski definition) is 3.